The van der Waals surface area contributed by atoms with Gasteiger partial charge in [0.15, 0.2) is 0 Å². The summed E-state index contributed by atoms with van der Waals surface area (Å²) in [5, 5.41) is 13.2. The van der Waals surface area contributed by atoms with Crippen LogP contribution in [-0.4, -0.2) is 83.0 Å². The first-order valence-corrected chi connectivity index (χ1v) is 14.3. The molecule has 2 N–H and O–H groups in total. The second-order valence-electron chi connectivity index (χ2n) is 10.6. The zero-order valence-electron chi connectivity index (χ0n) is 21.9. The number of carbonyl (C=O) groups is 4. The molecule has 38 heavy (non-hydrogen) atoms. The lowest BCUT2D eigenvalue weighted by Crippen LogP contribution is -2.56. The Morgan fingerprint density at radius 1 is 1.18 bits per heavy atom. The number of thiophene rings is 1. The maximum absolute atomic E-state index is 13.5. The van der Waals surface area contributed by atoms with E-state index in [2.05, 4.69) is 5.32 Å². The van der Waals surface area contributed by atoms with E-state index >= 15 is 0 Å². The van der Waals surface area contributed by atoms with Crippen molar-refractivity contribution < 1.29 is 24.4 Å². The minimum atomic E-state index is -0.722. The van der Waals surface area contributed by atoms with Crippen LogP contribution in [0, 0.1) is 17.8 Å². The maximum atomic E-state index is 13.5. The Morgan fingerprint density at radius 2 is 1.82 bits per heavy atom. The fourth-order valence-electron chi connectivity index (χ4n) is 5.41. The molecule has 214 valence electrons. The Labute approximate surface area is 235 Å². The third kappa shape index (κ3) is 8.41. The van der Waals surface area contributed by atoms with E-state index in [9.17, 15) is 24.4 Å². The lowest BCUT2D eigenvalue weighted by Gasteiger charge is -2.38. The van der Waals surface area contributed by atoms with Crippen molar-refractivity contribution in [2.24, 2.45) is 17.8 Å². The Hall–Kier alpha value is -2.17. The van der Waals surface area contributed by atoms with Crippen LogP contribution in [0.1, 0.15) is 75.9 Å². The second kappa shape index (κ2) is 14.8. The third-order valence-corrected chi connectivity index (χ3v) is 8.87. The van der Waals surface area contributed by atoms with E-state index in [1.807, 2.05) is 13.8 Å². The van der Waals surface area contributed by atoms with E-state index in [0.29, 0.717) is 59.0 Å². The number of likely N-dealkylation sites (N-methyl/N-ethyl adjacent to an activating group) is 1. The number of hydrogen-bond donors (Lipinski definition) is 2. The summed E-state index contributed by atoms with van der Waals surface area (Å²) in [5.74, 6) is -0.884. The minimum Gasteiger partial charge on any atom is -0.344 e. The molecule has 4 amide bonds. The number of nitrogens with one attached hydrogen (secondary N) is 1. The Morgan fingerprint density at radius 3 is 2.34 bits per heavy atom. The first-order valence-electron chi connectivity index (χ1n) is 13.1. The van der Waals surface area contributed by atoms with Crippen molar-refractivity contribution in [3.8, 4) is 0 Å². The van der Waals surface area contributed by atoms with Gasteiger partial charge < -0.3 is 15.1 Å². The molecule has 2 heterocycles. The molecule has 0 spiro atoms. The summed E-state index contributed by atoms with van der Waals surface area (Å²) in [4.78, 5) is 54.6. The molecule has 1 aromatic rings. The number of halogens is 1. The van der Waals surface area contributed by atoms with Crippen LogP contribution in [0.25, 0.3) is 0 Å². The fraction of sp³-hybridized carbons (Fsp3) is 0.704. The molecule has 0 unspecified atom stereocenters. The molecule has 1 aliphatic heterocycles. The maximum Gasteiger partial charge on any atom is 0.263 e. The predicted octanol–water partition coefficient (Wildman–Crippen LogP) is 4.29. The second-order valence-corrected chi connectivity index (χ2v) is 12.3. The molecule has 2 aliphatic rings. The number of hydrogen-bond acceptors (Lipinski definition) is 6. The smallest absolute Gasteiger partial charge is 0.263 e. The van der Waals surface area contributed by atoms with Gasteiger partial charge in [0, 0.05) is 26.2 Å². The van der Waals surface area contributed by atoms with Crippen molar-refractivity contribution in [3.63, 3.8) is 0 Å². The highest BCUT2D eigenvalue weighted by Gasteiger charge is 2.35. The van der Waals surface area contributed by atoms with Crippen molar-refractivity contribution in [2.75, 3.05) is 26.7 Å². The summed E-state index contributed by atoms with van der Waals surface area (Å²) in [5.41, 5.74) is 0. The van der Waals surface area contributed by atoms with E-state index in [1.165, 1.54) is 11.3 Å². The van der Waals surface area contributed by atoms with Gasteiger partial charge >= 0.3 is 0 Å². The van der Waals surface area contributed by atoms with Crippen LogP contribution in [0.4, 0.5) is 0 Å². The highest BCUT2D eigenvalue weighted by Crippen LogP contribution is 2.31. The van der Waals surface area contributed by atoms with Crippen LogP contribution in [0.3, 0.4) is 0 Å². The van der Waals surface area contributed by atoms with Crippen LogP contribution in [-0.2, 0) is 14.4 Å². The first kappa shape index (κ1) is 32.0. The van der Waals surface area contributed by atoms with Gasteiger partial charge in [0.05, 0.1) is 21.7 Å². The molecule has 0 bridgehead atoms. The number of carbonyl (C=O) groups excluding carboxylic acids is 4. The number of likely N-dealkylation sites (tertiary alicyclic amines) is 1. The monoisotopic (exact) mass is 570 g/mol. The molecule has 3 rings (SSSR count). The summed E-state index contributed by atoms with van der Waals surface area (Å²) in [7, 11) is 1.75. The van der Waals surface area contributed by atoms with Crippen LogP contribution in [0.5, 0.6) is 0 Å². The lowest BCUT2D eigenvalue weighted by molar-refractivity contribution is -0.155. The van der Waals surface area contributed by atoms with E-state index < -0.39 is 12.0 Å². The average molecular weight is 571 g/mol. The first-order chi connectivity index (χ1) is 17.6. The van der Waals surface area contributed by atoms with Gasteiger partial charge in [-0.25, -0.2) is 5.06 Å². The van der Waals surface area contributed by atoms with Gasteiger partial charge in [0.2, 0.25) is 18.2 Å². The van der Waals surface area contributed by atoms with Gasteiger partial charge in [0.25, 0.3) is 5.91 Å². The Bertz CT molecular complexity index is 944. The van der Waals surface area contributed by atoms with E-state index in [0.717, 1.165) is 25.7 Å². The van der Waals surface area contributed by atoms with Crippen LogP contribution in [0.2, 0.25) is 4.34 Å². The van der Waals surface area contributed by atoms with E-state index in [1.54, 1.807) is 29.0 Å². The SMILES string of the molecule is C.CC(C)[C@H](NC(=O)[C@H](CC1CCCC1)CN(O)C=O)C(=O)N(C)C1CCN(C(=O)c2ccc(Cl)s2)CC1. The van der Waals surface area contributed by atoms with Crippen molar-refractivity contribution in [1.29, 1.82) is 0 Å². The predicted molar refractivity (Wildman–Crippen MR) is 149 cm³/mol. The van der Waals surface area contributed by atoms with Crippen LogP contribution >= 0.6 is 22.9 Å². The van der Waals surface area contributed by atoms with E-state index in [-0.39, 0.29) is 43.7 Å². The van der Waals surface area contributed by atoms with Gasteiger partial charge in [-0.15, -0.1) is 11.3 Å². The molecular weight excluding hydrogens is 528 g/mol. The van der Waals surface area contributed by atoms with E-state index in [4.69, 9.17) is 11.6 Å². The summed E-state index contributed by atoms with van der Waals surface area (Å²) < 4.78 is 0.577. The molecule has 2 atom stereocenters. The summed E-state index contributed by atoms with van der Waals surface area (Å²) in [6.45, 7) is 4.76. The Balaban J connectivity index is 0.00000507. The van der Waals surface area contributed by atoms with Crippen molar-refractivity contribution in [1.82, 2.24) is 20.2 Å². The quantitative estimate of drug-likeness (QED) is 0.234. The molecule has 9 nitrogen and oxygen atoms in total. The minimum absolute atomic E-state index is 0. The standard InChI is InChI=1S/C26H39ClN4O5S.CH4/c1-17(2)23(28-24(33)19(15-31(36)16-32)14-18-6-4-5-7-18)26(35)29(3)20-10-12-30(13-11-20)25(34)21-8-9-22(27)37-21;/h8-9,16-20,23,36H,4-7,10-15H2,1-3H3,(H,28,33);1H4/t19-,23+;/m1./s1. The van der Waals surface area contributed by atoms with Gasteiger partial charge in [-0.1, -0.05) is 58.6 Å². The zero-order chi connectivity index (χ0) is 27.1. The van der Waals surface area contributed by atoms with Gasteiger partial charge in [-0.3, -0.25) is 24.4 Å². The fourth-order valence-corrected chi connectivity index (χ4v) is 6.42. The van der Waals surface area contributed by atoms with Crippen molar-refractivity contribution in [2.45, 2.75) is 78.3 Å². The van der Waals surface area contributed by atoms with Crippen molar-refractivity contribution in [3.05, 3.63) is 21.3 Å². The molecular formula is C27H43ClN4O5S. The molecule has 1 saturated heterocycles. The normalized spacial score (nSPS) is 18.0. The summed E-state index contributed by atoms with van der Waals surface area (Å²) >= 11 is 7.23. The number of nitrogens with zero attached hydrogens (tertiary/aromatic N) is 3. The van der Waals surface area contributed by atoms with Gasteiger partial charge in [-0.05, 0) is 43.2 Å². The van der Waals surface area contributed by atoms with Crippen LogP contribution in [0.15, 0.2) is 12.1 Å². The number of hydroxylamine groups is 2. The highest BCUT2D eigenvalue weighted by molar-refractivity contribution is 7.17. The summed E-state index contributed by atoms with van der Waals surface area (Å²) in [6, 6.07) is 2.69. The number of rotatable bonds is 11. The molecule has 1 aromatic heterocycles. The van der Waals surface area contributed by atoms with Crippen molar-refractivity contribution >= 4 is 47.1 Å². The number of piperidine rings is 1. The molecule has 0 aromatic carbocycles. The third-order valence-electron chi connectivity index (χ3n) is 7.65. The molecule has 11 heteroatoms. The Kier molecular flexibility index (Phi) is 12.5. The largest absolute Gasteiger partial charge is 0.344 e. The molecule has 0 radical (unpaired) electrons. The average Bonchev–Trinajstić information content (AvgIpc) is 3.57. The van der Waals surface area contributed by atoms with Gasteiger partial charge in [-0.2, -0.15) is 0 Å². The zero-order valence-corrected chi connectivity index (χ0v) is 23.5. The number of amides is 4. The topological polar surface area (TPSA) is 110 Å². The molecule has 1 aliphatic carbocycles. The summed E-state index contributed by atoms with van der Waals surface area (Å²) in [6.07, 6.45) is 6.49. The highest BCUT2D eigenvalue weighted by atomic mass is 35.5. The lowest BCUT2D eigenvalue weighted by atomic mass is 9.91. The molecule has 2 fully saturated rings. The molecule has 1 saturated carbocycles. The van der Waals surface area contributed by atoms with Crippen LogP contribution < -0.4 is 5.32 Å². The van der Waals surface area contributed by atoms with Gasteiger partial charge in [0.1, 0.15) is 6.04 Å².